The van der Waals surface area contributed by atoms with Gasteiger partial charge in [-0.1, -0.05) is 260 Å². The molecule has 0 saturated carbocycles. The minimum atomic E-state index is -6.24. The van der Waals surface area contributed by atoms with Crippen molar-refractivity contribution in [2.24, 2.45) is 5.92 Å². The average molecular weight is 1550 g/mol. The van der Waals surface area contributed by atoms with Crippen LogP contribution in [0.1, 0.15) is 104 Å². The Kier molecular flexibility index (Phi) is 25.7. The molecule has 9 aromatic rings. The molecule has 10 rings (SSSR count). The molecule has 105 heavy (non-hydrogen) atoms. The summed E-state index contributed by atoms with van der Waals surface area (Å²) in [5.41, 5.74) is -2.24. The van der Waals surface area contributed by atoms with Gasteiger partial charge in [0, 0.05) is 65.7 Å². The summed E-state index contributed by atoms with van der Waals surface area (Å²) < 4.78 is 119. The lowest BCUT2D eigenvalue weighted by Crippen LogP contribution is -2.67. The highest BCUT2D eigenvalue weighted by molar-refractivity contribution is 7.99. The van der Waals surface area contributed by atoms with E-state index < -0.39 is 77.5 Å². The minimum absolute atomic E-state index is 0.0331. The topological polar surface area (TPSA) is 134 Å². The summed E-state index contributed by atoms with van der Waals surface area (Å²) in [7, 11) is -19.2. The van der Waals surface area contributed by atoms with Crippen LogP contribution in [0.3, 0.4) is 0 Å². The molecule has 9 aromatic carbocycles. The van der Waals surface area contributed by atoms with Crippen molar-refractivity contribution >= 4 is 106 Å². The normalized spacial score (nSPS) is 14.6. The van der Waals surface area contributed by atoms with E-state index in [0.717, 1.165) is 68.7 Å². The number of sulfonamides is 1. The molecular weight excluding hydrogens is 1450 g/mol. The average Bonchev–Trinajstić information content (AvgIpc) is 0.758. The number of benzene rings is 9. The number of anilines is 2. The van der Waals surface area contributed by atoms with Crippen LogP contribution in [0.25, 0.3) is 11.1 Å². The monoisotopic (exact) mass is 1550 g/mol. The lowest BCUT2D eigenvalue weighted by molar-refractivity contribution is -0.0436. The van der Waals surface area contributed by atoms with E-state index in [-0.39, 0.29) is 38.5 Å². The molecule has 11 nitrogen and oxygen atoms in total. The summed E-state index contributed by atoms with van der Waals surface area (Å²) >= 11 is 7.79. The molecule has 1 aliphatic rings. The van der Waals surface area contributed by atoms with Crippen LogP contribution in [-0.2, 0) is 28.7 Å². The Labute approximate surface area is 634 Å². The summed E-state index contributed by atoms with van der Waals surface area (Å²) in [6, 6.07) is 77.3. The van der Waals surface area contributed by atoms with E-state index in [1.807, 2.05) is 89.7 Å². The van der Waals surface area contributed by atoms with Gasteiger partial charge in [-0.05, 0) is 160 Å². The largest absolute Gasteiger partial charge is 0.501 e. The first kappa shape index (κ1) is 80.5. The maximum Gasteiger partial charge on any atom is 0.501 e. The van der Waals surface area contributed by atoms with Crippen molar-refractivity contribution < 1.29 is 43.7 Å². The molecule has 556 valence electrons. The number of thioether (sulfide) groups is 1. The lowest BCUT2D eigenvalue weighted by Gasteiger charge is -2.45. The predicted molar refractivity (Wildman–Crippen MR) is 435 cm³/mol. The second-order valence-electron chi connectivity index (χ2n) is 31.1. The van der Waals surface area contributed by atoms with E-state index in [1.165, 1.54) is 34.3 Å². The second kappa shape index (κ2) is 33.6. The molecule has 1 amide bonds. The molecule has 0 bridgehead atoms. The van der Waals surface area contributed by atoms with Crippen LogP contribution in [0.4, 0.5) is 24.5 Å². The highest BCUT2D eigenvalue weighted by Gasteiger charge is 2.52. The fourth-order valence-electron chi connectivity index (χ4n) is 14.6. The Morgan fingerprint density at radius 2 is 1.12 bits per heavy atom. The first-order chi connectivity index (χ1) is 49.6. The van der Waals surface area contributed by atoms with E-state index >= 15 is 13.2 Å². The molecule has 2 N–H and O–H groups in total. The SMILES string of the molecule is CC(C)(C)[Si](C)(C)OC(c1ccccc1-c1ccc(Cl)cc1)C1CCN(c2ccc(C(=O)NS(=O)(=O)c3ccc(N[C@H](CCN(CCO[Si](c4ccccc4)(c4ccccc4)C(C)(C)C)CC[Si](c4ccccc4)(c4ccccc4)C(C)(C)C)CSc4ccccc4)c(S(=O)(=O)C(F)(F)F)c3)cc2)CC1. The molecule has 0 spiro atoms. The first-order valence-corrected chi connectivity index (χ1v) is 47.4. The van der Waals surface area contributed by atoms with E-state index in [2.05, 4.69) is 206 Å². The number of rotatable bonds is 29. The molecule has 0 aromatic heterocycles. The van der Waals surface area contributed by atoms with Gasteiger partial charge in [0.1, 0.15) is 13.0 Å². The molecular formula is C84H100ClF3N4O7S3Si3. The van der Waals surface area contributed by atoms with Gasteiger partial charge in [0.2, 0.25) is 0 Å². The number of nitrogens with one attached hydrogen (secondary N) is 2. The standard InChI is InChI=1S/C84H100ClF3N4O7S3Si3/c1-81(2,3)103(10,11)99-79(76-40-28-27-39-75(76)63-41-45-66(85)46-42-63)64-51-55-92(56-52-64)68-47-43-65(44-48-68)80(93)90-102(96,97)70-49-50-77(78(61-70)101(94,95)84(86,87)88)89-67(62-100-69-29-17-12-18-30-69)53-54-91(58-60-104(82(4,5)6,71-31-19-13-20-32-71)72-33-21-14-22-34-72)57-59-98-105(83(7,8)9,73-35-23-15-24-36-73)74-37-25-16-26-38-74/h12-50,61,64,67,79,89H,51-60,62H2,1-11H3,(H,90,93)/t67-,79?/m1/s1. The zero-order chi connectivity index (χ0) is 75.6. The van der Waals surface area contributed by atoms with Crippen molar-refractivity contribution in [1.82, 2.24) is 9.62 Å². The molecule has 1 fully saturated rings. The van der Waals surface area contributed by atoms with Gasteiger partial charge in [-0.2, -0.15) is 13.2 Å². The van der Waals surface area contributed by atoms with Crippen molar-refractivity contribution in [2.75, 3.05) is 55.3 Å². The Morgan fingerprint density at radius 3 is 1.64 bits per heavy atom. The summed E-state index contributed by atoms with van der Waals surface area (Å²) in [5, 5.41) is 8.18. The second-order valence-corrected chi connectivity index (χ2v) is 50.2. The van der Waals surface area contributed by atoms with E-state index in [0.29, 0.717) is 56.8 Å². The summed E-state index contributed by atoms with van der Waals surface area (Å²) in [4.78, 5) is 17.4. The molecule has 1 saturated heterocycles. The number of hydrogen-bond acceptors (Lipinski definition) is 11. The summed E-state index contributed by atoms with van der Waals surface area (Å²) in [6.45, 7) is 28.1. The fourth-order valence-corrected chi connectivity index (χ4v) is 29.1. The molecule has 1 aliphatic heterocycles. The van der Waals surface area contributed by atoms with Gasteiger partial charge in [0.25, 0.3) is 34.1 Å². The van der Waals surface area contributed by atoms with Gasteiger partial charge in [0.05, 0.1) is 16.7 Å². The number of nitrogens with zero attached hydrogens (tertiary/aromatic N) is 2. The van der Waals surface area contributed by atoms with Gasteiger partial charge in [-0.15, -0.1) is 11.8 Å². The molecule has 21 heteroatoms. The first-order valence-electron chi connectivity index (χ1n) is 36.1. The van der Waals surface area contributed by atoms with E-state index in [4.69, 9.17) is 20.5 Å². The van der Waals surface area contributed by atoms with Crippen molar-refractivity contribution in [3.8, 4) is 11.1 Å². The van der Waals surface area contributed by atoms with Crippen LogP contribution in [0.5, 0.6) is 0 Å². The number of alkyl halides is 3. The molecule has 1 heterocycles. The zero-order valence-electron chi connectivity index (χ0n) is 62.1. The Bertz CT molecular complexity index is 4490. The number of sulfone groups is 1. The third-order valence-corrected chi connectivity index (χ3v) is 41.3. The number of hydrogen-bond donors (Lipinski definition) is 2. The van der Waals surface area contributed by atoms with Crippen molar-refractivity contribution in [3.05, 3.63) is 259 Å². The number of carbonyl (C=O) groups is 1. The molecule has 0 radical (unpaired) electrons. The van der Waals surface area contributed by atoms with Gasteiger partial charge in [-0.3, -0.25) is 4.79 Å². The fraction of sp³-hybridized carbons (Fsp3) is 0.345. The highest BCUT2D eigenvalue weighted by Crippen LogP contribution is 2.47. The van der Waals surface area contributed by atoms with Crippen molar-refractivity contribution in [3.63, 3.8) is 0 Å². The maximum atomic E-state index is 15.1. The van der Waals surface area contributed by atoms with Gasteiger partial charge in [-0.25, -0.2) is 21.6 Å². The van der Waals surface area contributed by atoms with Gasteiger partial charge in [0.15, 0.2) is 8.32 Å². The third kappa shape index (κ3) is 18.7. The molecule has 2 atom stereocenters. The smallest absolute Gasteiger partial charge is 0.410 e. The number of halogens is 4. The Morgan fingerprint density at radius 1 is 0.610 bits per heavy atom. The lowest BCUT2D eigenvalue weighted by atomic mass is 9.84. The number of amides is 1. The summed E-state index contributed by atoms with van der Waals surface area (Å²) in [5.74, 6) is -0.608. The van der Waals surface area contributed by atoms with E-state index in [1.54, 1.807) is 12.1 Å². The number of piperidine rings is 1. The van der Waals surface area contributed by atoms with Crippen LogP contribution in [0.15, 0.2) is 257 Å². The Hall–Kier alpha value is -7.09. The van der Waals surface area contributed by atoms with Gasteiger partial charge >= 0.3 is 5.51 Å². The van der Waals surface area contributed by atoms with Crippen LogP contribution in [0.2, 0.25) is 39.3 Å². The van der Waals surface area contributed by atoms with E-state index in [9.17, 15) is 21.6 Å². The highest BCUT2D eigenvalue weighted by atomic mass is 35.5. The third-order valence-electron chi connectivity index (χ3n) is 21.3. The van der Waals surface area contributed by atoms with Crippen molar-refractivity contribution in [1.29, 1.82) is 0 Å². The van der Waals surface area contributed by atoms with Crippen LogP contribution in [0, 0.1) is 5.92 Å². The van der Waals surface area contributed by atoms with Crippen molar-refractivity contribution in [2.45, 2.75) is 148 Å². The summed E-state index contributed by atoms with van der Waals surface area (Å²) in [6.07, 6.45) is 1.72. The maximum absolute atomic E-state index is 15.1. The Balaban J connectivity index is 0.914. The van der Waals surface area contributed by atoms with Crippen LogP contribution < -0.4 is 35.7 Å². The molecule has 1 unspecified atom stereocenters. The molecule has 0 aliphatic carbocycles. The number of carbonyl (C=O) groups excluding carboxylic acids is 1. The zero-order valence-corrected chi connectivity index (χ0v) is 68.3. The predicted octanol–water partition coefficient (Wildman–Crippen LogP) is 18.3. The minimum Gasteiger partial charge on any atom is -0.410 e. The van der Waals surface area contributed by atoms with Crippen LogP contribution >= 0.6 is 23.4 Å². The van der Waals surface area contributed by atoms with Crippen LogP contribution in [-0.4, -0.2) is 109 Å². The van der Waals surface area contributed by atoms with Gasteiger partial charge < -0.3 is 24.0 Å². The quantitative estimate of drug-likeness (QED) is 0.0343.